The number of hydrogen-bond donors (Lipinski definition) is 2. The number of nitro benzene ring substituents is 1. The Balaban J connectivity index is 1.47. The molecule has 1 aliphatic rings. The Morgan fingerprint density at radius 3 is 2.24 bits per heavy atom. The maximum atomic E-state index is 13.6. The van der Waals surface area contributed by atoms with Crippen molar-refractivity contribution in [2.45, 2.75) is 18.4 Å². The molecule has 2 N–H and O–H groups in total. The van der Waals surface area contributed by atoms with Crippen LogP contribution in [0.4, 0.5) is 14.9 Å². The standard InChI is InChI=1S/C24H19FN2O6/c25-15-9-10-22(27(31)32)14(11-15)12-21(23(28)29)26-24(30)33-13-20-18-7-3-1-5-16(18)17-6-2-4-8-19(17)20/h1-11,20-21H,12-13H2,(H,26,30)(H,28,29)/t21-/m0/s1. The molecule has 9 heteroatoms. The predicted octanol–water partition coefficient (Wildman–Crippen LogP) is 4.27. The van der Waals surface area contributed by atoms with E-state index in [1.807, 2.05) is 48.5 Å². The number of hydrogen-bond acceptors (Lipinski definition) is 5. The molecule has 0 saturated heterocycles. The fraction of sp³-hybridized carbons (Fsp3) is 0.167. The van der Waals surface area contributed by atoms with Crippen LogP contribution in [0.3, 0.4) is 0 Å². The van der Waals surface area contributed by atoms with E-state index >= 15 is 0 Å². The minimum atomic E-state index is -1.54. The van der Waals surface area contributed by atoms with E-state index in [-0.39, 0.29) is 18.1 Å². The van der Waals surface area contributed by atoms with Crippen molar-refractivity contribution < 1.29 is 28.7 Å². The van der Waals surface area contributed by atoms with E-state index < -0.39 is 41.0 Å². The molecule has 3 aromatic carbocycles. The molecule has 8 nitrogen and oxygen atoms in total. The summed E-state index contributed by atoms with van der Waals surface area (Å²) in [6.07, 6.45) is -1.46. The minimum absolute atomic E-state index is 0.0215. The Kier molecular flexibility index (Phi) is 6.03. The van der Waals surface area contributed by atoms with Gasteiger partial charge >= 0.3 is 12.1 Å². The van der Waals surface area contributed by atoms with Gasteiger partial charge in [-0.15, -0.1) is 0 Å². The van der Waals surface area contributed by atoms with Crippen molar-refractivity contribution in [2.75, 3.05) is 6.61 Å². The number of carbonyl (C=O) groups is 2. The lowest BCUT2D eigenvalue weighted by Gasteiger charge is -2.17. The Labute approximate surface area is 187 Å². The molecular formula is C24H19FN2O6. The number of carboxylic acid groups (broad SMARTS) is 1. The molecule has 1 amide bonds. The Morgan fingerprint density at radius 1 is 1.06 bits per heavy atom. The zero-order chi connectivity index (χ0) is 23.5. The first-order valence-corrected chi connectivity index (χ1v) is 10.1. The number of benzene rings is 3. The molecule has 0 saturated carbocycles. The van der Waals surface area contributed by atoms with E-state index in [2.05, 4.69) is 5.32 Å². The molecule has 0 radical (unpaired) electrons. The fourth-order valence-electron chi connectivity index (χ4n) is 4.10. The SMILES string of the molecule is O=C(N[C@@H](Cc1cc(F)ccc1[N+](=O)[O-])C(=O)O)OCC1c2ccccc2-c2ccccc21. The third-order valence-corrected chi connectivity index (χ3v) is 5.60. The summed E-state index contributed by atoms with van der Waals surface area (Å²) in [4.78, 5) is 34.5. The van der Waals surface area contributed by atoms with Gasteiger partial charge in [0.2, 0.25) is 0 Å². The van der Waals surface area contributed by atoms with E-state index in [0.29, 0.717) is 0 Å². The molecule has 1 atom stereocenters. The van der Waals surface area contributed by atoms with Gasteiger partial charge in [0, 0.05) is 24.0 Å². The van der Waals surface area contributed by atoms with Gasteiger partial charge in [0.15, 0.2) is 0 Å². The van der Waals surface area contributed by atoms with Crippen molar-refractivity contribution in [1.29, 1.82) is 0 Å². The Morgan fingerprint density at radius 2 is 1.67 bits per heavy atom. The van der Waals surface area contributed by atoms with Crippen LogP contribution in [0.25, 0.3) is 11.1 Å². The van der Waals surface area contributed by atoms with Crippen molar-refractivity contribution >= 4 is 17.7 Å². The van der Waals surface area contributed by atoms with Crippen molar-refractivity contribution in [1.82, 2.24) is 5.32 Å². The highest BCUT2D eigenvalue weighted by molar-refractivity contribution is 5.81. The number of ether oxygens (including phenoxy) is 1. The van der Waals surface area contributed by atoms with Crippen LogP contribution in [0, 0.1) is 15.9 Å². The number of nitro groups is 1. The third-order valence-electron chi connectivity index (χ3n) is 5.60. The summed E-state index contributed by atoms with van der Waals surface area (Å²) in [6, 6.07) is 16.7. The zero-order valence-corrected chi connectivity index (χ0v) is 17.2. The molecule has 0 fully saturated rings. The Hall–Kier alpha value is -4.27. The lowest BCUT2D eigenvalue weighted by Crippen LogP contribution is -2.43. The molecule has 1 aliphatic carbocycles. The number of halogens is 1. The van der Waals surface area contributed by atoms with Gasteiger partial charge in [-0.3, -0.25) is 10.1 Å². The highest BCUT2D eigenvalue weighted by Crippen LogP contribution is 2.44. The third kappa shape index (κ3) is 4.52. The summed E-state index contributed by atoms with van der Waals surface area (Å²) >= 11 is 0. The molecule has 0 aromatic heterocycles. The quantitative estimate of drug-likeness (QED) is 0.410. The second kappa shape index (κ2) is 9.07. The lowest BCUT2D eigenvalue weighted by molar-refractivity contribution is -0.385. The number of fused-ring (bicyclic) bond motifs is 3. The zero-order valence-electron chi connectivity index (χ0n) is 17.2. The summed E-state index contributed by atoms with van der Waals surface area (Å²) in [5, 5.41) is 22.9. The minimum Gasteiger partial charge on any atom is -0.480 e. The van der Waals surface area contributed by atoms with E-state index in [1.54, 1.807) is 0 Å². The van der Waals surface area contributed by atoms with Crippen LogP contribution in [0.2, 0.25) is 0 Å². The number of nitrogens with one attached hydrogen (secondary N) is 1. The molecule has 4 rings (SSSR count). The first kappa shape index (κ1) is 21.9. The first-order valence-electron chi connectivity index (χ1n) is 10.1. The van der Waals surface area contributed by atoms with Crippen LogP contribution in [0.1, 0.15) is 22.6 Å². The van der Waals surface area contributed by atoms with Gasteiger partial charge in [-0.25, -0.2) is 14.0 Å². The van der Waals surface area contributed by atoms with Gasteiger partial charge in [0.05, 0.1) is 4.92 Å². The molecular weight excluding hydrogens is 431 g/mol. The molecule has 168 valence electrons. The number of carboxylic acids is 1. The van der Waals surface area contributed by atoms with Gasteiger partial charge < -0.3 is 15.2 Å². The predicted molar refractivity (Wildman–Crippen MR) is 116 cm³/mol. The maximum absolute atomic E-state index is 13.6. The van der Waals surface area contributed by atoms with E-state index in [1.165, 1.54) is 0 Å². The van der Waals surface area contributed by atoms with E-state index in [0.717, 1.165) is 40.5 Å². The maximum Gasteiger partial charge on any atom is 0.407 e. The molecule has 33 heavy (non-hydrogen) atoms. The van der Waals surface area contributed by atoms with Crippen molar-refractivity contribution in [3.05, 3.63) is 99.4 Å². The largest absolute Gasteiger partial charge is 0.480 e. The average Bonchev–Trinajstić information content (AvgIpc) is 3.11. The van der Waals surface area contributed by atoms with Crippen LogP contribution >= 0.6 is 0 Å². The van der Waals surface area contributed by atoms with Crippen molar-refractivity contribution in [2.24, 2.45) is 0 Å². The number of aliphatic carboxylic acids is 1. The van der Waals surface area contributed by atoms with Crippen molar-refractivity contribution in [3.8, 4) is 11.1 Å². The number of carbonyl (C=O) groups excluding carboxylic acids is 1. The monoisotopic (exact) mass is 450 g/mol. The van der Waals surface area contributed by atoms with Crippen LogP contribution < -0.4 is 5.32 Å². The van der Waals surface area contributed by atoms with Crippen LogP contribution in [0.5, 0.6) is 0 Å². The topological polar surface area (TPSA) is 119 Å². The fourth-order valence-corrected chi connectivity index (χ4v) is 4.10. The molecule has 0 aliphatic heterocycles. The first-order chi connectivity index (χ1) is 15.8. The van der Waals surface area contributed by atoms with Gasteiger partial charge in [-0.2, -0.15) is 0 Å². The molecule has 0 bridgehead atoms. The van der Waals surface area contributed by atoms with Crippen LogP contribution in [0.15, 0.2) is 66.7 Å². The van der Waals surface area contributed by atoms with Crippen molar-refractivity contribution in [3.63, 3.8) is 0 Å². The lowest BCUT2D eigenvalue weighted by atomic mass is 9.98. The Bertz CT molecular complexity index is 1200. The summed E-state index contributed by atoms with van der Waals surface area (Å²) in [7, 11) is 0. The number of rotatable bonds is 7. The van der Waals surface area contributed by atoms with E-state index in [4.69, 9.17) is 4.74 Å². The highest BCUT2D eigenvalue weighted by atomic mass is 19.1. The highest BCUT2D eigenvalue weighted by Gasteiger charge is 2.30. The molecule has 3 aromatic rings. The molecule has 0 spiro atoms. The summed E-state index contributed by atoms with van der Waals surface area (Å²) in [6.45, 7) is -0.0215. The summed E-state index contributed by atoms with van der Waals surface area (Å²) in [5.74, 6) is -2.39. The van der Waals surface area contributed by atoms with E-state index in [9.17, 15) is 29.2 Å². The average molecular weight is 450 g/mol. The van der Waals surface area contributed by atoms with Crippen LogP contribution in [-0.2, 0) is 16.0 Å². The molecule has 0 unspecified atom stereocenters. The van der Waals surface area contributed by atoms with Gasteiger partial charge in [-0.05, 0) is 34.4 Å². The smallest absolute Gasteiger partial charge is 0.407 e. The second-order valence-corrected chi connectivity index (χ2v) is 7.59. The number of amides is 1. The van der Waals surface area contributed by atoms with Gasteiger partial charge in [-0.1, -0.05) is 48.5 Å². The second-order valence-electron chi connectivity index (χ2n) is 7.59. The van der Waals surface area contributed by atoms with Crippen LogP contribution in [-0.4, -0.2) is 34.7 Å². The summed E-state index contributed by atoms with van der Waals surface area (Å²) in [5.41, 5.74) is 3.50. The summed E-state index contributed by atoms with van der Waals surface area (Å²) < 4.78 is 18.9. The molecule has 0 heterocycles. The van der Waals surface area contributed by atoms with Gasteiger partial charge in [0.1, 0.15) is 18.5 Å². The number of nitrogens with zero attached hydrogens (tertiary/aromatic N) is 1. The normalized spacial score (nSPS) is 13.0. The van der Waals surface area contributed by atoms with Gasteiger partial charge in [0.25, 0.3) is 5.69 Å². The number of alkyl carbamates (subject to hydrolysis) is 1.